The van der Waals surface area contributed by atoms with Gasteiger partial charge >= 0.3 is 0 Å². The number of piperazine rings is 1. The lowest BCUT2D eigenvalue weighted by Gasteiger charge is -2.36. The zero-order chi connectivity index (χ0) is 28.6. The molecule has 0 radical (unpaired) electrons. The standard InChI is InChI=1S/C35H39N3O4/c1-24(2)37-14-12-36(13-15-37)16-21-41-32-11-10-27(30-22-25-6-3-4-7-26(25)34(30)32)28-8-5-9-29-31(39)23-33(42-35(28)29)38-17-19-40-20-18-38/h3-11,23-24H,12-22H2,1-2H3. The average Bonchev–Trinajstić information content (AvgIpc) is 3.42. The summed E-state index contributed by atoms with van der Waals surface area (Å²) >= 11 is 0. The van der Waals surface area contributed by atoms with Crippen LogP contribution in [-0.2, 0) is 11.2 Å². The second-order valence-corrected chi connectivity index (χ2v) is 11.8. The van der Waals surface area contributed by atoms with Gasteiger partial charge in [-0.2, -0.15) is 0 Å². The molecule has 0 bridgehead atoms. The first-order valence-corrected chi connectivity index (χ1v) is 15.3. The van der Waals surface area contributed by atoms with Crippen molar-refractivity contribution in [2.75, 3.05) is 70.5 Å². The van der Waals surface area contributed by atoms with E-state index in [2.05, 4.69) is 71.0 Å². The molecular formula is C35H39N3O4. The fourth-order valence-electron chi connectivity index (χ4n) is 6.69. The number of anilines is 1. The van der Waals surface area contributed by atoms with Crippen LogP contribution in [0.2, 0.25) is 0 Å². The van der Waals surface area contributed by atoms with E-state index in [0.29, 0.717) is 55.8 Å². The molecule has 3 aliphatic rings. The molecule has 3 aromatic carbocycles. The van der Waals surface area contributed by atoms with Crippen molar-refractivity contribution in [2.24, 2.45) is 0 Å². The number of fused-ring (bicyclic) bond motifs is 4. The van der Waals surface area contributed by atoms with Crippen molar-refractivity contribution in [2.45, 2.75) is 26.3 Å². The molecule has 0 amide bonds. The topological polar surface area (TPSA) is 58.4 Å². The zero-order valence-electron chi connectivity index (χ0n) is 24.6. The number of hydrogen-bond acceptors (Lipinski definition) is 7. The minimum atomic E-state index is -0.0197. The van der Waals surface area contributed by atoms with Gasteiger partial charge in [-0.05, 0) is 54.7 Å². The first-order chi connectivity index (χ1) is 20.6. The van der Waals surface area contributed by atoms with E-state index in [4.69, 9.17) is 13.9 Å². The van der Waals surface area contributed by atoms with Gasteiger partial charge in [-0.3, -0.25) is 14.6 Å². The number of ether oxygens (including phenoxy) is 2. The Labute approximate surface area is 247 Å². The Kier molecular flexibility index (Phi) is 7.48. The molecule has 0 spiro atoms. The zero-order valence-corrected chi connectivity index (χ0v) is 24.6. The minimum absolute atomic E-state index is 0.0197. The van der Waals surface area contributed by atoms with Gasteiger partial charge in [0.1, 0.15) is 17.9 Å². The third-order valence-electron chi connectivity index (χ3n) is 9.09. The van der Waals surface area contributed by atoms with Crippen molar-refractivity contribution in [1.82, 2.24) is 9.80 Å². The summed E-state index contributed by atoms with van der Waals surface area (Å²) in [6, 6.07) is 21.0. The molecule has 2 aliphatic heterocycles. The largest absolute Gasteiger partial charge is 0.492 e. The molecule has 4 aromatic rings. The Morgan fingerprint density at radius 2 is 1.64 bits per heavy atom. The van der Waals surface area contributed by atoms with E-state index in [1.807, 2.05) is 12.1 Å². The van der Waals surface area contributed by atoms with Gasteiger partial charge in [-0.1, -0.05) is 42.5 Å². The van der Waals surface area contributed by atoms with Gasteiger partial charge in [0.05, 0.1) is 18.6 Å². The van der Waals surface area contributed by atoms with E-state index in [1.165, 1.54) is 16.7 Å². The molecule has 3 heterocycles. The number of nitrogens with zero attached hydrogens (tertiary/aromatic N) is 3. The Morgan fingerprint density at radius 3 is 2.45 bits per heavy atom. The minimum Gasteiger partial charge on any atom is -0.492 e. The Morgan fingerprint density at radius 1 is 0.857 bits per heavy atom. The Balaban J connectivity index is 1.22. The first-order valence-electron chi connectivity index (χ1n) is 15.3. The van der Waals surface area contributed by atoms with Crippen LogP contribution in [0, 0.1) is 0 Å². The van der Waals surface area contributed by atoms with E-state index in [1.54, 1.807) is 6.07 Å². The monoisotopic (exact) mass is 565 g/mol. The Bertz CT molecular complexity index is 1650. The predicted octanol–water partition coefficient (Wildman–Crippen LogP) is 5.27. The van der Waals surface area contributed by atoms with E-state index >= 15 is 0 Å². The van der Waals surface area contributed by atoms with Gasteiger partial charge in [-0.25, -0.2) is 0 Å². The van der Waals surface area contributed by atoms with E-state index in [9.17, 15) is 4.79 Å². The van der Waals surface area contributed by atoms with Crippen LogP contribution in [0.4, 0.5) is 5.88 Å². The highest BCUT2D eigenvalue weighted by Gasteiger charge is 2.27. The van der Waals surface area contributed by atoms with Crippen LogP contribution in [0.5, 0.6) is 5.75 Å². The highest BCUT2D eigenvalue weighted by Crippen LogP contribution is 2.47. The second-order valence-electron chi connectivity index (χ2n) is 11.8. The van der Waals surface area contributed by atoms with Crippen molar-refractivity contribution in [3.05, 3.63) is 82.0 Å². The predicted molar refractivity (Wildman–Crippen MR) is 168 cm³/mol. The van der Waals surface area contributed by atoms with Gasteiger partial charge in [0.2, 0.25) is 0 Å². The summed E-state index contributed by atoms with van der Waals surface area (Å²) in [5.41, 5.74) is 7.57. The van der Waals surface area contributed by atoms with Crippen LogP contribution in [0.25, 0.3) is 33.2 Å². The summed E-state index contributed by atoms with van der Waals surface area (Å²) in [6.07, 6.45) is 0.818. The molecule has 1 aliphatic carbocycles. The molecule has 218 valence electrons. The van der Waals surface area contributed by atoms with Gasteiger partial charge in [-0.15, -0.1) is 0 Å². The van der Waals surface area contributed by atoms with Crippen LogP contribution < -0.4 is 15.1 Å². The maximum absolute atomic E-state index is 13.2. The van der Waals surface area contributed by atoms with Crippen LogP contribution in [0.1, 0.15) is 25.0 Å². The molecule has 7 rings (SSSR count). The molecule has 0 N–H and O–H groups in total. The van der Waals surface area contributed by atoms with Crippen LogP contribution >= 0.6 is 0 Å². The third-order valence-corrected chi connectivity index (χ3v) is 9.09. The number of morpholine rings is 1. The normalized spacial score (nSPS) is 17.5. The molecule has 0 saturated carbocycles. The molecular weight excluding hydrogens is 526 g/mol. The molecule has 2 fully saturated rings. The summed E-state index contributed by atoms with van der Waals surface area (Å²) in [5.74, 6) is 1.53. The quantitative estimate of drug-likeness (QED) is 0.266. The van der Waals surface area contributed by atoms with Gasteiger partial charge < -0.3 is 18.8 Å². The Hall–Kier alpha value is -3.65. The molecule has 2 saturated heterocycles. The first kappa shape index (κ1) is 27.2. The average molecular weight is 566 g/mol. The summed E-state index contributed by atoms with van der Waals surface area (Å²) < 4.78 is 18.6. The SMILES string of the molecule is CC(C)N1CCN(CCOc2ccc(-c3cccc4c(=O)cc(N5CCOCC5)oc34)c3c2-c2ccccc2C3)CC1. The summed E-state index contributed by atoms with van der Waals surface area (Å²) in [6.45, 7) is 13.2. The molecule has 0 atom stereocenters. The molecule has 7 heteroatoms. The fourth-order valence-corrected chi connectivity index (χ4v) is 6.69. The maximum atomic E-state index is 13.2. The number of para-hydroxylation sites is 1. The van der Waals surface area contributed by atoms with Crippen LogP contribution in [-0.4, -0.2) is 81.5 Å². The maximum Gasteiger partial charge on any atom is 0.200 e. The van der Waals surface area contributed by atoms with Crippen molar-refractivity contribution < 1.29 is 13.9 Å². The lowest BCUT2D eigenvalue weighted by molar-refractivity contribution is 0.0972. The second kappa shape index (κ2) is 11.6. The van der Waals surface area contributed by atoms with Crippen LogP contribution in [0.15, 0.2) is 69.9 Å². The molecule has 1 aromatic heterocycles. The fraction of sp³-hybridized carbons (Fsp3) is 0.400. The van der Waals surface area contributed by atoms with Gasteiger partial charge in [0, 0.05) is 69.0 Å². The van der Waals surface area contributed by atoms with Crippen LogP contribution in [0.3, 0.4) is 0 Å². The number of rotatable bonds is 7. The molecule has 7 nitrogen and oxygen atoms in total. The summed E-state index contributed by atoms with van der Waals surface area (Å²) in [5, 5.41) is 0.603. The smallest absolute Gasteiger partial charge is 0.200 e. The lowest BCUT2D eigenvalue weighted by Crippen LogP contribution is -2.49. The number of benzene rings is 3. The van der Waals surface area contributed by atoms with Crippen molar-refractivity contribution in [3.63, 3.8) is 0 Å². The van der Waals surface area contributed by atoms with Crippen molar-refractivity contribution >= 4 is 16.9 Å². The van der Waals surface area contributed by atoms with E-state index in [-0.39, 0.29) is 5.43 Å². The molecule has 42 heavy (non-hydrogen) atoms. The van der Waals surface area contributed by atoms with Crippen molar-refractivity contribution in [3.8, 4) is 28.0 Å². The summed E-state index contributed by atoms with van der Waals surface area (Å²) in [7, 11) is 0. The van der Waals surface area contributed by atoms with E-state index < -0.39 is 0 Å². The lowest BCUT2D eigenvalue weighted by atomic mass is 9.93. The highest BCUT2D eigenvalue weighted by molar-refractivity contribution is 5.97. The third kappa shape index (κ3) is 5.10. The van der Waals surface area contributed by atoms with Gasteiger partial charge in [0.15, 0.2) is 11.3 Å². The summed E-state index contributed by atoms with van der Waals surface area (Å²) in [4.78, 5) is 20.4. The van der Waals surface area contributed by atoms with Gasteiger partial charge in [0.25, 0.3) is 0 Å². The number of hydrogen-bond donors (Lipinski definition) is 0. The van der Waals surface area contributed by atoms with E-state index in [0.717, 1.165) is 61.6 Å². The molecule has 0 unspecified atom stereocenters. The van der Waals surface area contributed by atoms with Crippen molar-refractivity contribution in [1.29, 1.82) is 0 Å². The highest BCUT2D eigenvalue weighted by atomic mass is 16.5.